The molecule has 0 aliphatic rings. The van der Waals surface area contributed by atoms with Gasteiger partial charge in [-0.25, -0.2) is 13.8 Å². The molecule has 0 saturated carbocycles. The van der Waals surface area contributed by atoms with Crippen LogP contribution in [0.4, 0.5) is 0 Å². The topological polar surface area (TPSA) is 97.3 Å². The fraction of sp³-hybridized carbons (Fsp3) is 0.130. The molecule has 3 aromatic rings. The second-order valence-corrected chi connectivity index (χ2v) is 9.29. The Morgan fingerprint density at radius 2 is 1.79 bits per heavy atom. The van der Waals surface area contributed by atoms with Crippen molar-refractivity contribution < 1.29 is 22.7 Å². The SMILES string of the molecule is COc1ccc(S(=O)(=O)N(C)CC(=O)N/N=C/c2cccc(Oc3ccccc3)c2)cc1Cl. The molecule has 172 valence electrons. The van der Waals surface area contributed by atoms with E-state index in [-0.39, 0.29) is 9.92 Å². The monoisotopic (exact) mass is 487 g/mol. The summed E-state index contributed by atoms with van der Waals surface area (Å²) in [6, 6.07) is 20.5. The van der Waals surface area contributed by atoms with Gasteiger partial charge < -0.3 is 9.47 Å². The number of likely N-dealkylation sites (N-methyl/N-ethyl adjacent to an activating group) is 1. The third kappa shape index (κ3) is 6.55. The Morgan fingerprint density at radius 1 is 1.06 bits per heavy atom. The van der Waals surface area contributed by atoms with Crippen LogP contribution < -0.4 is 14.9 Å². The molecule has 0 aliphatic heterocycles. The lowest BCUT2D eigenvalue weighted by atomic mass is 10.2. The normalized spacial score (nSPS) is 11.5. The van der Waals surface area contributed by atoms with Crippen LogP contribution in [0, 0.1) is 0 Å². The van der Waals surface area contributed by atoms with E-state index in [4.69, 9.17) is 21.1 Å². The molecule has 1 amide bonds. The number of carbonyl (C=O) groups excluding carboxylic acids is 1. The Bertz CT molecular complexity index is 1250. The van der Waals surface area contributed by atoms with E-state index >= 15 is 0 Å². The molecule has 0 atom stereocenters. The highest BCUT2D eigenvalue weighted by molar-refractivity contribution is 7.89. The first kappa shape index (κ1) is 24.2. The van der Waals surface area contributed by atoms with Gasteiger partial charge in [0.2, 0.25) is 10.0 Å². The summed E-state index contributed by atoms with van der Waals surface area (Å²) in [5.74, 6) is 1.06. The molecular weight excluding hydrogens is 466 g/mol. The number of halogens is 1. The highest BCUT2D eigenvalue weighted by Crippen LogP contribution is 2.28. The number of para-hydroxylation sites is 1. The van der Waals surface area contributed by atoms with E-state index in [0.717, 1.165) is 4.31 Å². The predicted octanol–water partition coefficient (Wildman–Crippen LogP) is 3.91. The van der Waals surface area contributed by atoms with E-state index in [0.29, 0.717) is 22.8 Å². The Hall–Kier alpha value is -3.40. The summed E-state index contributed by atoms with van der Waals surface area (Å²) in [4.78, 5) is 12.1. The Morgan fingerprint density at radius 3 is 2.48 bits per heavy atom. The van der Waals surface area contributed by atoms with Crippen molar-refractivity contribution in [3.8, 4) is 17.2 Å². The first-order chi connectivity index (χ1) is 15.8. The maximum absolute atomic E-state index is 12.7. The summed E-state index contributed by atoms with van der Waals surface area (Å²) in [6.45, 7) is -0.430. The number of hydrazone groups is 1. The third-order valence-corrected chi connectivity index (χ3v) is 6.53. The number of carbonyl (C=O) groups is 1. The van der Waals surface area contributed by atoms with Crippen LogP contribution in [0.5, 0.6) is 17.2 Å². The summed E-state index contributed by atoms with van der Waals surface area (Å²) in [6.07, 6.45) is 1.44. The van der Waals surface area contributed by atoms with E-state index in [1.807, 2.05) is 30.3 Å². The second-order valence-electron chi connectivity index (χ2n) is 6.84. The highest BCUT2D eigenvalue weighted by atomic mass is 35.5. The zero-order valence-corrected chi connectivity index (χ0v) is 19.5. The Balaban J connectivity index is 1.58. The minimum atomic E-state index is -3.93. The molecule has 0 saturated heterocycles. The molecule has 0 radical (unpaired) electrons. The summed E-state index contributed by atoms with van der Waals surface area (Å²) < 4.78 is 37.1. The molecular formula is C23H22ClN3O5S. The quantitative estimate of drug-likeness (QED) is 0.364. The molecule has 3 aromatic carbocycles. The summed E-state index contributed by atoms with van der Waals surface area (Å²) in [5, 5.41) is 4.05. The molecule has 0 heterocycles. The number of ether oxygens (including phenoxy) is 2. The molecule has 0 spiro atoms. The standard InChI is InChI=1S/C23H22ClN3O5S/c1-27(33(29,30)20-11-12-22(31-2)21(24)14-20)16-23(28)26-25-15-17-7-6-10-19(13-17)32-18-8-4-3-5-9-18/h3-15H,16H2,1-2H3,(H,26,28)/b25-15+. The zero-order valence-electron chi connectivity index (χ0n) is 17.9. The van der Waals surface area contributed by atoms with Crippen LogP contribution in [0.2, 0.25) is 5.02 Å². The van der Waals surface area contributed by atoms with Gasteiger partial charge in [0.1, 0.15) is 17.2 Å². The van der Waals surface area contributed by atoms with Gasteiger partial charge in [0.25, 0.3) is 5.91 Å². The van der Waals surface area contributed by atoms with Crippen molar-refractivity contribution in [2.45, 2.75) is 4.90 Å². The summed E-state index contributed by atoms with van der Waals surface area (Å²) >= 11 is 6.01. The molecule has 0 aliphatic carbocycles. The minimum Gasteiger partial charge on any atom is -0.495 e. The lowest BCUT2D eigenvalue weighted by Crippen LogP contribution is -2.36. The van der Waals surface area contributed by atoms with Crippen molar-refractivity contribution in [3.05, 3.63) is 83.4 Å². The Labute approximate surface area is 197 Å². The van der Waals surface area contributed by atoms with Crippen LogP contribution in [0.3, 0.4) is 0 Å². The van der Waals surface area contributed by atoms with Crippen molar-refractivity contribution >= 4 is 33.7 Å². The van der Waals surface area contributed by atoms with Crippen LogP contribution in [0.15, 0.2) is 82.8 Å². The fourth-order valence-corrected chi connectivity index (χ4v) is 4.25. The number of hydrogen-bond acceptors (Lipinski definition) is 6. The maximum atomic E-state index is 12.7. The Kier molecular flexibility index (Phi) is 8.05. The van der Waals surface area contributed by atoms with Crippen molar-refractivity contribution in [2.24, 2.45) is 5.10 Å². The van der Waals surface area contributed by atoms with Crippen molar-refractivity contribution in [3.63, 3.8) is 0 Å². The average Bonchev–Trinajstić information content (AvgIpc) is 2.80. The molecule has 3 rings (SSSR count). The van der Waals surface area contributed by atoms with Crippen LogP contribution in [-0.4, -0.2) is 45.5 Å². The smallest absolute Gasteiger partial charge is 0.255 e. The van der Waals surface area contributed by atoms with E-state index in [2.05, 4.69) is 10.5 Å². The molecule has 1 N–H and O–H groups in total. The molecule has 0 bridgehead atoms. The van der Waals surface area contributed by atoms with Crippen LogP contribution in [0.1, 0.15) is 5.56 Å². The van der Waals surface area contributed by atoms with Gasteiger partial charge in [-0.2, -0.15) is 9.41 Å². The van der Waals surface area contributed by atoms with Crippen LogP contribution >= 0.6 is 11.6 Å². The van der Waals surface area contributed by atoms with Gasteiger partial charge in [0.05, 0.1) is 29.8 Å². The molecule has 0 unspecified atom stereocenters. The first-order valence-electron chi connectivity index (χ1n) is 9.74. The van der Waals surface area contributed by atoms with Crippen molar-refractivity contribution in [1.29, 1.82) is 0 Å². The number of amides is 1. The number of sulfonamides is 1. The van der Waals surface area contributed by atoms with Gasteiger partial charge >= 0.3 is 0 Å². The van der Waals surface area contributed by atoms with Crippen molar-refractivity contribution in [2.75, 3.05) is 20.7 Å². The van der Waals surface area contributed by atoms with Crippen molar-refractivity contribution in [1.82, 2.24) is 9.73 Å². The number of nitrogens with one attached hydrogen (secondary N) is 1. The molecule has 0 fully saturated rings. The van der Waals surface area contributed by atoms with E-state index in [1.165, 1.54) is 38.6 Å². The van der Waals surface area contributed by atoms with E-state index in [1.54, 1.807) is 24.3 Å². The van der Waals surface area contributed by atoms with Gasteiger partial charge in [0.15, 0.2) is 0 Å². The predicted molar refractivity (Wildman–Crippen MR) is 127 cm³/mol. The number of benzene rings is 3. The molecule has 8 nitrogen and oxygen atoms in total. The largest absolute Gasteiger partial charge is 0.495 e. The van der Waals surface area contributed by atoms with Gasteiger partial charge in [-0.15, -0.1) is 0 Å². The number of rotatable bonds is 9. The number of nitrogens with zero attached hydrogens (tertiary/aromatic N) is 2. The first-order valence-corrected chi connectivity index (χ1v) is 11.6. The fourth-order valence-electron chi connectivity index (χ4n) is 2.77. The number of hydrogen-bond donors (Lipinski definition) is 1. The average molecular weight is 488 g/mol. The third-order valence-electron chi connectivity index (χ3n) is 4.44. The summed E-state index contributed by atoms with van der Waals surface area (Å²) in [5.41, 5.74) is 3.01. The zero-order chi connectivity index (χ0) is 23.8. The van der Waals surface area contributed by atoms with E-state index in [9.17, 15) is 13.2 Å². The van der Waals surface area contributed by atoms with Gasteiger partial charge in [0, 0.05) is 7.05 Å². The lowest BCUT2D eigenvalue weighted by Gasteiger charge is -2.16. The maximum Gasteiger partial charge on any atom is 0.255 e. The highest BCUT2D eigenvalue weighted by Gasteiger charge is 2.23. The van der Waals surface area contributed by atoms with Gasteiger partial charge in [-0.1, -0.05) is 41.9 Å². The van der Waals surface area contributed by atoms with Gasteiger partial charge in [-0.3, -0.25) is 4.79 Å². The molecule has 0 aromatic heterocycles. The van der Waals surface area contributed by atoms with Crippen LogP contribution in [0.25, 0.3) is 0 Å². The molecule has 10 heteroatoms. The van der Waals surface area contributed by atoms with Gasteiger partial charge in [-0.05, 0) is 48.0 Å². The molecule has 33 heavy (non-hydrogen) atoms. The van der Waals surface area contributed by atoms with E-state index < -0.39 is 22.5 Å². The lowest BCUT2D eigenvalue weighted by molar-refractivity contribution is -0.121. The minimum absolute atomic E-state index is 0.0534. The second kappa shape index (κ2) is 11.0. The van der Waals surface area contributed by atoms with Crippen LogP contribution in [-0.2, 0) is 14.8 Å². The summed E-state index contributed by atoms with van der Waals surface area (Å²) in [7, 11) is -1.21. The number of methoxy groups -OCH3 is 1.